The Kier molecular flexibility index (Phi) is 20.5. The van der Waals surface area contributed by atoms with Crippen molar-refractivity contribution in [2.75, 3.05) is 39.5 Å². The molecular formula is C61H82Cl2N2O8. The van der Waals surface area contributed by atoms with E-state index in [0.717, 1.165) is 95.6 Å². The molecule has 0 aromatic heterocycles. The van der Waals surface area contributed by atoms with Crippen LogP contribution in [0.4, 0.5) is 0 Å². The maximum atomic E-state index is 13.4. The predicted molar refractivity (Wildman–Crippen MR) is 291 cm³/mol. The second kappa shape index (κ2) is 25.8. The van der Waals surface area contributed by atoms with Crippen molar-refractivity contribution >= 4 is 47.0 Å². The summed E-state index contributed by atoms with van der Waals surface area (Å²) in [5, 5.41) is 11.2. The maximum Gasteiger partial charge on any atom is 0.307 e. The number of hydrogen-bond donors (Lipinski definition) is 1. The zero-order valence-corrected chi connectivity index (χ0v) is 46.5. The first kappa shape index (κ1) is 57.8. The Labute approximate surface area is 446 Å². The molecule has 2 fully saturated rings. The highest BCUT2D eigenvalue weighted by Gasteiger charge is 2.51. The van der Waals surface area contributed by atoms with Gasteiger partial charge in [-0.25, -0.2) is 0 Å². The highest BCUT2D eigenvalue weighted by molar-refractivity contribution is 6.31. The normalized spacial score (nSPS) is 21.7. The van der Waals surface area contributed by atoms with Crippen LogP contribution in [0.25, 0.3) is 0 Å². The lowest BCUT2D eigenvalue weighted by atomic mass is 9.70. The summed E-state index contributed by atoms with van der Waals surface area (Å²) in [6.45, 7) is 19.7. The third-order valence-corrected chi connectivity index (χ3v) is 16.1. The van der Waals surface area contributed by atoms with Crippen molar-refractivity contribution in [1.29, 1.82) is 0 Å². The van der Waals surface area contributed by atoms with E-state index in [4.69, 9.17) is 37.4 Å². The first-order valence-electron chi connectivity index (χ1n) is 26.9. The number of hydrogen-bond acceptors (Lipinski definition) is 8. The first-order valence-corrected chi connectivity index (χ1v) is 27.6. The number of aryl methyl sites for hydroxylation is 2. The van der Waals surface area contributed by atoms with Gasteiger partial charge in [0.05, 0.1) is 32.7 Å². The summed E-state index contributed by atoms with van der Waals surface area (Å²) in [5.41, 5.74) is 7.82. The Morgan fingerprint density at radius 2 is 1.12 bits per heavy atom. The summed E-state index contributed by atoms with van der Waals surface area (Å²) in [7, 11) is 0. The second-order valence-electron chi connectivity index (χ2n) is 23.0. The van der Waals surface area contributed by atoms with Gasteiger partial charge in [0.15, 0.2) is 0 Å². The molecule has 2 aliphatic heterocycles. The van der Waals surface area contributed by atoms with Gasteiger partial charge < -0.3 is 29.1 Å². The van der Waals surface area contributed by atoms with E-state index in [1.165, 1.54) is 11.1 Å². The van der Waals surface area contributed by atoms with Crippen LogP contribution in [0.15, 0.2) is 90.3 Å². The van der Waals surface area contributed by atoms with Crippen LogP contribution < -0.4 is 0 Å². The minimum Gasteiger partial charge on any atom is -0.466 e. The van der Waals surface area contributed by atoms with E-state index in [1.807, 2.05) is 30.6 Å². The van der Waals surface area contributed by atoms with Crippen LogP contribution in [0.1, 0.15) is 160 Å². The van der Waals surface area contributed by atoms with Crippen LogP contribution in [0.3, 0.4) is 0 Å². The molecule has 0 spiro atoms. The van der Waals surface area contributed by atoms with E-state index in [1.54, 1.807) is 23.6 Å². The van der Waals surface area contributed by atoms with Crippen LogP contribution in [0, 0.1) is 22.7 Å². The molecule has 2 heterocycles. The first-order chi connectivity index (χ1) is 34.7. The molecule has 2 saturated carbocycles. The number of esters is 2. The molecule has 73 heavy (non-hydrogen) atoms. The van der Waals surface area contributed by atoms with E-state index < -0.39 is 0 Å². The van der Waals surface area contributed by atoms with Crippen LogP contribution in [-0.2, 0) is 63.7 Å². The van der Waals surface area contributed by atoms with E-state index >= 15 is 0 Å². The molecule has 4 atom stereocenters. The minimum atomic E-state index is -0.385. The molecule has 398 valence electrons. The zero-order valence-electron chi connectivity index (χ0n) is 45.0. The average molecular weight is 1040 g/mol. The number of halogens is 2. The second-order valence-corrected chi connectivity index (χ2v) is 23.8. The van der Waals surface area contributed by atoms with E-state index in [9.17, 15) is 24.3 Å². The number of aliphatic hydroxyl groups is 1. The number of carbonyl (C=O) groups excluding carboxylic acids is 4. The van der Waals surface area contributed by atoms with Crippen LogP contribution in [0.2, 0.25) is 10.0 Å². The fraction of sp³-hybridized carbons (Fsp3) is 0.574. The SMILES string of the molecule is CCOC(=O)CCN1C=C2C(CCO)CCC2(c2ccc(CCC(C)(C)C)c(Cl)c2)CC1=O.CCOC(=O)CCN1C=C2C(CCOCc3ccccc3)CCC2(c2ccc(CCC(C)(C)C)c(Cl)c2)CC1=O. The fourth-order valence-electron chi connectivity index (χ4n) is 11.2. The van der Waals surface area contributed by atoms with Gasteiger partial charge in [-0.3, -0.25) is 19.2 Å². The third-order valence-electron chi connectivity index (χ3n) is 15.4. The van der Waals surface area contributed by atoms with Crippen molar-refractivity contribution in [2.24, 2.45) is 22.7 Å². The Morgan fingerprint density at radius 3 is 1.53 bits per heavy atom. The highest BCUT2D eigenvalue weighted by atomic mass is 35.5. The maximum absolute atomic E-state index is 13.4. The summed E-state index contributed by atoms with van der Waals surface area (Å²) in [4.78, 5) is 53.9. The summed E-state index contributed by atoms with van der Waals surface area (Å²) in [5.74, 6) is 0.000346. The third kappa shape index (κ3) is 15.3. The average Bonchev–Trinajstić information content (AvgIpc) is 3.88. The molecule has 2 aliphatic carbocycles. The van der Waals surface area contributed by atoms with Crippen molar-refractivity contribution in [3.05, 3.63) is 128 Å². The lowest BCUT2D eigenvalue weighted by Gasteiger charge is -2.39. The number of ether oxygens (including phenoxy) is 3. The van der Waals surface area contributed by atoms with Crippen LogP contribution in [0.5, 0.6) is 0 Å². The van der Waals surface area contributed by atoms with Gasteiger partial charge in [0.25, 0.3) is 0 Å². The number of nitrogens with zero attached hydrogens (tertiary/aromatic N) is 2. The fourth-order valence-corrected chi connectivity index (χ4v) is 11.8. The van der Waals surface area contributed by atoms with Gasteiger partial charge in [0.1, 0.15) is 0 Å². The van der Waals surface area contributed by atoms with Crippen molar-refractivity contribution < 1.29 is 38.5 Å². The smallest absolute Gasteiger partial charge is 0.307 e. The van der Waals surface area contributed by atoms with Crippen molar-refractivity contribution in [3.8, 4) is 0 Å². The van der Waals surface area contributed by atoms with Crippen LogP contribution in [-0.4, -0.2) is 78.2 Å². The number of benzene rings is 3. The zero-order chi connectivity index (χ0) is 53.0. The van der Waals surface area contributed by atoms with Gasteiger partial charge in [-0.2, -0.15) is 0 Å². The van der Waals surface area contributed by atoms with Gasteiger partial charge in [-0.15, -0.1) is 0 Å². The molecule has 1 N–H and O–H groups in total. The number of fused-ring (bicyclic) bond motifs is 2. The molecule has 3 aromatic rings. The number of allylic oxidation sites excluding steroid dienone is 2. The molecule has 0 saturated heterocycles. The lowest BCUT2D eigenvalue weighted by Crippen LogP contribution is -2.42. The topological polar surface area (TPSA) is 123 Å². The van der Waals surface area contributed by atoms with E-state index in [2.05, 4.69) is 90.1 Å². The Bertz CT molecular complexity index is 2440. The quantitative estimate of drug-likeness (QED) is 0.0827. The summed E-state index contributed by atoms with van der Waals surface area (Å²) in [6, 6.07) is 23.0. The molecule has 0 radical (unpaired) electrons. The van der Waals surface area contributed by atoms with E-state index in [0.29, 0.717) is 64.7 Å². The van der Waals surface area contributed by atoms with Crippen molar-refractivity contribution in [2.45, 2.75) is 163 Å². The Hall–Kier alpha value is -4.48. The molecule has 7 rings (SSSR count). The van der Waals surface area contributed by atoms with Crippen molar-refractivity contribution in [3.63, 3.8) is 0 Å². The Morgan fingerprint density at radius 1 is 0.671 bits per heavy atom. The van der Waals surface area contributed by atoms with Gasteiger partial charge >= 0.3 is 11.9 Å². The van der Waals surface area contributed by atoms with Gasteiger partial charge in [0, 0.05) is 72.4 Å². The molecule has 0 bridgehead atoms. The number of rotatable bonds is 21. The summed E-state index contributed by atoms with van der Waals surface area (Å²) < 4.78 is 16.2. The molecule has 10 nitrogen and oxygen atoms in total. The van der Waals surface area contributed by atoms with Gasteiger partial charge in [-0.1, -0.05) is 119 Å². The molecule has 3 aromatic carbocycles. The summed E-state index contributed by atoms with van der Waals surface area (Å²) in [6.07, 6.45) is 14.3. The predicted octanol–water partition coefficient (Wildman–Crippen LogP) is 13.1. The van der Waals surface area contributed by atoms with Gasteiger partial charge in [0.2, 0.25) is 11.8 Å². The highest BCUT2D eigenvalue weighted by Crippen LogP contribution is 2.56. The molecule has 2 amide bonds. The van der Waals surface area contributed by atoms with Crippen molar-refractivity contribution in [1.82, 2.24) is 9.80 Å². The number of amides is 2. The number of carbonyl (C=O) groups is 4. The van der Waals surface area contributed by atoms with E-state index in [-0.39, 0.29) is 70.8 Å². The lowest BCUT2D eigenvalue weighted by molar-refractivity contribution is -0.145. The largest absolute Gasteiger partial charge is 0.466 e. The number of aliphatic hydroxyl groups excluding tert-OH is 1. The van der Waals surface area contributed by atoms with Gasteiger partial charge in [-0.05, 0) is 152 Å². The monoisotopic (exact) mass is 1040 g/mol. The Balaban J connectivity index is 0.000000243. The molecule has 12 heteroatoms. The standard InChI is InChI=1S/C34H44ClNO4.C27H38ClNO4/c1-5-40-32(38)15-19-36-23-29-26(16-20-39-24-25-9-7-6-8-10-25)14-18-34(29,22-31(36)37)28-12-11-27(30(35)21-28)13-17-33(2,3)4;1-5-33-25(32)10-14-29-18-22-19(11-15-30)9-13-27(22,17-24(29)31)21-7-6-20(23(28)16-21)8-12-26(2,3)4/h6-12,21,23,26H,5,13-20,22,24H2,1-4H3;6-7,16,18-19,30H,5,8-15,17H2,1-4H3. The van der Waals surface area contributed by atoms with Crippen LogP contribution >= 0.6 is 23.2 Å². The molecular weight excluding hydrogens is 960 g/mol. The molecule has 4 aliphatic rings. The molecule has 4 unspecified atom stereocenters. The minimum absolute atomic E-state index is 0.0145. The summed E-state index contributed by atoms with van der Waals surface area (Å²) >= 11 is 13.6.